The Bertz CT molecular complexity index is 714. The number of likely N-dealkylation sites (tertiary alicyclic amines) is 1. The van der Waals surface area contributed by atoms with E-state index in [9.17, 15) is 9.59 Å². The molecule has 24 heavy (non-hydrogen) atoms. The van der Waals surface area contributed by atoms with E-state index in [1.165, 1.54) is 0 Å². The van der Waals surface area contributed by atoms with Gasteiger partial charge in [0.05, 0.1) is 5.69 Å². The van der Waals surface area contributed by atoms with Crippen molar-refractivity contribution in [3.63, 3.8) is 0 Å². The molecule has 3 rings (SSSR count). The quantitative estimate of drug-likeness (QED) is 0.906. The molecule has 0 radical (unpaired) electrons. The van der Waals surface area contributed by atoms with Gasteiger partial charge in [-0.2, -0.15) is 5.10 Å². The predicted molar refractivity (Wildman–Crippen MR) is 86.9 cm³/mol. The molecule has 1 saturated heterocycles. The first-order chi connectivity index (χ1) is 11.6. The lowest BCUT2D eigenvalue weighted by atomic mass is 9.93. The Morgan fingerprint density at radius 3 is 2.96 bits per heavy atom. The van der Waals surface area contributed by atoms with Crippen molar-refractivity contribution in [3.05, 3.63) is 42.5 Å². The Morgan fingerprint density at radius 1 is 1.33 bits per heavy atom. The minimum Gasteiger partial charge on any atom is -0.481 e. The summed E-state index contributed by atoms with van der Waals surface area (Å²) in [5.41, 5.74) is 1.18. The number of aliphatic carboxylic acids is 1. The number of carbonyl (C=O) groups is 2. The number of piperidine rings is 1. The summed E-state index contributed by atoms with van der Waals surface area (Å²) < 4.78 is 1.68. The summed E-state index contributed by atoms with van der Waals surface area (Å²) in [6.07, 6.45) is 7.73. The van der Waals surface area contributed by atoms with Crippen molar-refractivity contribution in [2.45, 2.75) is 25.7 Å². The Labute approximate surface area is 139 Å². The van der Waals surface area contributed by atoms with Gasteiger partial charge in [0.15, 0.2) is 0 Å². The molecule has 0 spiro atoms. The molecule has 1 atom stereocenters. The topological polar surface area (TPSA) is 88.3 Å². The fourth-order valence-corrected chi connectivity index (χ4v) is 3.08. The van der Waals surface area contributed by atoms with Crippen molar-refractivity contribution in [2.75, 3.05) is 13.1 Å². The van der Waals surface area contributed by atoms with Gasteiger partial charge in [-0.05, 0) is 43.4 Å². The summed E-state index contributed by atoms with van der Waals surface area (Å²) in [7, 11) is 0. The fourth-order valence-electron chi connectivity index (χ4n) is 3.08. The zero-order valence-corrected chi connectivity index (χ0v) is 13.3. The normalized spacial score (nSPS) is 17.7. The number of carbonyl (C=O) groups excluding carboxylic acids is 1. The molecular weight excluding hydrogens is 308 g/mol. The Hall–Kier alpha value is -2.70. The minimum absolute atomic E-state index is 0.107. The second kappa shape index (κ2) is 7.25. The van der Waals surface area contributed by atoms with Crippen LogP contribution >= 0.6 is 0 Å². The highest BCUT2D eigenvalue weighted by Gasteiger charge is 2.25. The van der Waals surface area contributed by atoms with Crippen LogP contribution in [-0.2, 0) is 4.79 Å². The van der Waals surface area contributed by atoms with E-state index in [4.69, 9.17) is 5.11 Å². The zero-order valence-electron chi connectivity index (χ0n) is 13.3. The summed E-state index contributed by atoms with van der Waals surface area (Å²) in [6.45, 7) is 1.29. The second-order valence-electron chi connectivity index (χ2n) is 6.04. The SMILES string of the molecule is O=C(O)CCC1CCCN(C(=O)c2cc(-n3cccn3)ccn2)C1. The van der Waals surface area contributed by atoms with Crippen LogP contribution in [0.2, 0.25) is 0 Å². The fraction of sp³-hybridized carbons (Fsp3) is 0.412. The summed E-state index contributed by atoms with van der Waals surface area (Å²) >= 11 is 0. The average Bonchev–Trinajstić information content (AvgIpc) is 3.14. The van der Waals surface area contributed by atoms with Crippen LogP contribution < -0.4 is 0 Å². The first kappa shape index (κ1) is 16.2. The van der Waals surface area contributed by atoms with E-state index < -0.39 is 5.97 Å². The van der Waals surface area contributed by atoms with Gasteiger partial charge in [0.25, 0.3) is 5.91 Å². The van der Waals surface area contributed by atoms with Crippen LogP contribution in [0, 0.1) is 5.92 Å². The average molecular weight is 328 g/mol. The van der Waals surface area contributed by atoms with Crippen molar-refractivity contribution in [1.82, 2.24) is 19.7 Å². The zero-order chi connectivity index (χ0) is 16.9. The highest BCUT2D eigenvalue weighted by molar-refractivity contribution is 5.92. The number of amides is 1. The van der Waals surface area contributed by atoms with Crippen molar-refractivity contribution in [2.24, 2.45) is 5.92 Å². The molecule has 1 unspecified atom stereocenters. The van der Waals surface area contributed by atoms with E-state index in [1.807, 2.05) is 12.3 Å². The van der Waals surface area contributed by atoms with Crippen LogP contribution in [0.4, 0.5) is 0 Å². The van der Waals surface area contributed by atoms with Crippen LogP contribution in [0.3, 0.4) is 0 Å². The van der Waals surface area contributed by atoms with Gasteiger partial charge in [0, 0.05) is 38.1 Å². The molecule has 7 nitrogen and oxygen atoms in total. The van der Waals surface area contributed by atoms with Crippen molar-refractivity contribution < 1.29 is 14.7 Å². The van der Waals surface area contributed by atoms with Crippen molar-refractivity contribution in [3.8, 4) is 5.69 Å². The van der Waals surface area contributed by atoms with E-state index in [1.54, 1.807) is 34.1 Å². The molecule has 0 bridgehead atoms. The maximum atomic E-state index is 12.7. The first-order valence-corrected chi connectivity index (χ1v) is 8.10. The van der Waals surface area contributed by atoms with Crippen LogP contribution in [-0.4, -0.2) is 49.7 Å². The largest absolute Gasteiger partial charge is 0.481 e. The Morgan fingerprint density at radius 2 is 2.21 bits per heavy atom. The second-order valence-corrected chi connectivity index (χ2v) is 6.04. The molecule has 1 amide bonds. The smallest absolute Gasteiger partial charge is 0.303 e. The lowest BCUT2D eigenvalue weighted by molar-refractivity contribution is -0.137. The Balaban J connectivity index is 1.69. The molecule has 1 fully saturated rings. The number of carboxylic acid groups (broad SMARTS) is 1. The lowest BCUT2D eigenvalue weighted by Crippen LogP contribution is -2.40. The number of pyridine rings is 1. The summed E-state index contributed by atoms with van der Waals surface area (Å²) in [4.78, 5) is 29.4. The third-order valence-corrected chi connectivity index (χ3v) is 4.30. The maximum absolute atomic E-state index is 12.7. The molecule has 1 aliphatic rings. The number of aromatic nitrogens is 3. The number of hydrogen-bond acceptors (Lipinski definition) is 4. The van der Waals surface area contributed by atoms with E-state index >= 15 is 0 Å². The Kier molecular flexibility index (Phi) is 4.88. The van der Waals surface area contributed by atoms with Crippen molar-refractivity contribution in [1.29, 1.82) is 0 Å². The van der Waals surface area contributed by atoms with Gasteiger partial charge in [-0.3, -0.25) is 14.6 Å². The molecule has 2 aromatic heterocycles. The number of hydrogen-bond donors (Lipinski definition) is 1. The molecule has 7 heteroatoms. The molecule has 126 valence electrons. The number of rotatable bonds is 5. The van der Waals surface area contributed by atoms with Gasteiger partial charge in [-0.15, -0.1) is 0 Å². The third-order valence-electron chi connectivity index (χ3n) is 4.30. The van der Waals surface area contributed by atoms with Gasteiger partial charge in [-0.25, -0.2) is 4.68 Å². The van der Waals surface area contributed by atoms with Gasteiger partial charge in [0.1, 0.15) is 5.69 Å². The molecule has 0 aliphatic carbocycles. The van der Waals surface area contributed by atoms with E-state index in [2.05, 4.69) is 10.1 Å². The van der Waals surface area contributed by atoms with E-state index in [-0.39, 0.29) is 18.2 Å². The van der Waals surface area contributed by atoms with Gasteiger partial charge in [0.2, 0.25) is 0 Å². The van der Waals surface area contributed by atoms with Crippen LogP contribution in [0.5, 0.6) is 0 Å². The van der Waals surface area contributed by atoms with Gasteiger partial charge < -0.3 is 10.0 Å². The standard InChI is InChI=1S/C17H20N4O3/c22-16(23)5-4-13-3-1-9-20(12-13)17(24)15-11-14(6-8-18-15)21-10-2-7-19-21/h2,6-8,10-11,13H,1,3-5,9,12H2,(H,22,23). The number of nitrogens with zero attached hydrogens (tertiary/aromatic N) is 4. The van der Waals surface area contributed by atoms with Gasteiger partial charge in [-0.1, -0.05) is 0 Å². The highest BCUT2D eigenvalue weighted by atomic mass is 16.4. The highest BCUT2D eigenvalue weighted by Crippen LogP contribution is 2.22. The maximum Gasteiger partial charge on any atom is 0.303 e. The van der Waals surface area contributed by atoms with Crippen LogP contribution in [0.15, 0.2) is 36.8 Å². The van der Waals surface area contributed by atoms with E-state index in [0.29, 0.717) is 25.2 Å². The molecule has 0 aromatic carbocycles. The van der Waals surface area contributed by atoms with Crippen LogP contribution in [0.1, 0.15) is 36.2 Å². The summed E-state index contributed by atoms with van der Waals surface area (Å²) in [6, 6.07) is 5.35. The van der Waals surface area contributed by atoms with E-state index in [0.717, 1.165) is 18.5 Å². The monoisotopic (exact) mass is 328 g/mol. The first-order valence-electron chi connectivity index (χ1n) is 8.10. The summed E-state index contributed by atoms with van der Waals surface area (Å²) in [5.74, 6) is -0.649. The predicted octanol–water partition coefficient (Wildman–Crippen LogP) is 1.98. The molecule has 1 aliphatic heterocycles. The lowest BCUT2D eigenvalue weighted by Gasteiger charge is -2.32. The molecule has 3 heterocycles. The molecule has 0 saturated carbocycles. The van der Waals surface area contributed by atoms with Crippen LogP contribution in [0.25, 0.3) is 5.69 Å². The minimum atomic E-state index is -0.785. The molecular formula is C17H20N4O3. The van der Waals surface area contributed by atoms with Crippen molar-refractivity contribution >= 4 is 11.9 Å². The molecule has 2 aromatic rings. The molecule has 1 N–H and O–H groups in total. The third kappa shape index (κ3) is 3.79. The number of carboxylic acids is 1. The van der Waals surface area contributed by atoms with Gasteiger partial charge >= 0.3 is 5.97 Å². The summed E-state index contributed by atoms with van der Waals surface area (Å²) in [5, 5.41) is 13.0.